The fourth-order valence-corrected chi connectivity index (χ4v) is 4.54. The molecular weight excluding hydrogens is 446 g/mol. The van der Waals surface area contributed by atoms with E-state index < -0.39 is 29.7 Å². The third kappa shape index (κ3) is 4.07. The Labute approximate surface area is 202 Å². The number of carbonyl (C=O) groups is 4. The van der Waals surface area contributed by atoms with Crippen LogP contribution in [0.4, 0.5) is 5.82 Å². The molecule has 2 N–H and O–H groups in total. The number of aromatic nitrogens is 2. The predicted molar refractivity (Wildman–Crippen MR) is 130 cm³/mol. The van der Waals surface area contributed by atoms with Crippen molar-refractivity contribution in [2.24, 2.45) is 5.41 Å². The molecule has 3 aromatic rings. The van der Waals surface area contributed by atoms with Gasteiger partial charge in [-0.1, -0.05) is 32.9 Å². The summed E-state index contributed by atoms with van der Waals surface area (Å²) >= 11 is 0. The van der Waals surface area contributed by atoms with Gasteiger partial charge in [0.1, 0.15) is 23.2 Å². The zero-order valence-corrected chi connectivity index (χ0v) is 19.9. The van der Waals surface area contributed by atoms with Gasteiger partial charge in [0.2, 0.25) is 11.8 Å². The highest BCUT2D eigenvalue weighted by Crippen LogP contribution is 2.34. The van der Waals surface area contributed by atoms with Crippen molar-refractivity contribution in [3.8, 4) is 11.3 Å². The molecule has 0 radical (unpaired) electrons. The zero-order chi connectivity index (χ0) is 24.9. The highest BCUT2D eigenvalue weighted by molar-refractivity contribution is 6.23. The third-order valence-electron chi connectivity index (χ3n) is 6.41. The van der Waals surface area contributed by atoms with Gasteiger partial charge < -0.3 is 5.32 Å². The van der Waals surface area contributed by atoms with Crippen LogP contribution in [0.25, 0.3) is 16.9 Å². The lowest BCUT2D eigenvalue weighted by Gasteiger charge is -2.27. The fraction of sp³-hybridized carbons (Fsp3) is 0.346. The average Bonchev–Trinajstić information content (AvgIpc) is 3.29. The number of imidazole rings is 1. The number of piperidine rings is 1. The van der Waals surface area contributed by atoms with E-state index in [-0.39, 0.29) is 29.4 Å². The Hall–Kier alpha value is -4.01. The van der Waals surface area contributed by atoms with Crippen LogP contribution >= 0.6 is 0 Å². The molecule has 0 saturated carbocycles. The van der Waals surface area contributed by atoms with Gasteiger partial charge in [0.15, 0.2) is 0 Å². The summed E-state index contributed by atoms with van der Waals surface area (Å²) in [7, 11) is 0. The highest BCUT2D eigenvalue weighted by atomic mass is 16.2. The second-order valence-electron chi connectivity index (χ2n) is 10.2. The normalized spacial score (nSPS) is 18.3. The summed E-state index contributed by atoms with van der Waals surface area (Å²) < 4.78 is 1.97. The van der Waals surface area contributed by atoms with E-state index in [1.165, 1.54) is 0 Å². The Morgan fingerprint density at radius 2 is 1.83 bits per heavy atom. The van der Waals surface area contributed by atoms with Gasteiger partial charge >= 0.3 is 0 Å². The van der Waals surface area contributed by atoms with Crippen LogP contribution in [0.15, 0.2) is 42.6 Å². The molecule has 2 aromatic heterocycles. The Balaban J connectivity index is 1.51. The maximum atomic E-state index is 13.3. The number of hydrogen-bond acceptors (Lipinski definition) is 6. The number of nitrogens with zero attached hydrogens (tertiary/aromatic N) is 3. The molecule has 4 amide bonds. The van der Waals surface area contributed by atoms with Crippen LogP contribution in [0, 0.1) is 5.41 Å². The lowest BCUT2D eigenvalue weighted by molar-refractivity contribution is -0.136. The molecule has 1 fully saturated rings. The van der Waals surface area contributed by atoms with E-state index >= 15 is 0 Å². The summed E-state index contributed by atoms with van der Waals surface area (Å²) in [5.74, 6) is -1.27. The van der Waals surface area contributed by atoms with Gasteiger partial charge in [0, 0.05) is 24.7 Å². The maximum Gasteiger partial charge on any atom is 0.262 e. The van der Waals surface area contributed by atoms with E-state index in [4.69, 9.17) is 4.98 Å². The van der Waals surface area contributed by atoms with Gasteiger partial charge in [-0.25, -0.2) is 4.98 Å². The molecule has 180 valence electrons. The molecule has 0 aliphatic carbocycles. The minimum Gasteiger partial charge on any atom is -0.369 e. The van der Waals surface area contributed by atoms with E-state index in [9.17, 15) is 19.2 Å². The van der Waals surface area contributed by atoms with E-state index in [0.29, 0.717) is 11.3 Å². The zero-order valence-electron chi connectivity index (χ0n) is 19.9. The topological polar surface area (TPSA) is 113 Å². The van der Waals surface area contributed by atoms with Gasteiger partial charge in [0.25, 0.3) is 11.8 Å². The van der Waals surface area contributed by atoms with Gasteiger partial charge in [0.05, 0.1) is 11.1 Å². The first-order chi connectivity index (χ1) is 16.6. The van der Waals surface area contributed by atoms with Crippen LogP contribution in [-0.2, 0) is 9.59 Å². The van der Waals surface area contributed by atoms with Crippen LogP contribution in [0.5, 0.6) is 0 Å². The number of carbonyl (C=O) groups excluding carboxylic acids is 4. The van der Waals surface area contributed by atoms with Crippen LogP contribution in [-0.4, -0.2) is 50.5 Å². The first kappa shape index (κ1) is 22.8. The van der Waals surface area contributed by atoms with Gasteiger partial charge in [-0.15, -0.1) is 0 Å². The quantitative estimate of drug-likeness (QED) is 0.550. The maximum absolute atomic E-state index is 13.3. The number of amides is 4. The molecule has 1 saturated heterocycles. The van der Waals surface area contributed by atoms with Crippen LogP contribution in [0.1, 0.15) is 60.7 Å². The van der Waals surface area contributed by atoms with Crippen LogP contribution < -0.4 is 10.6 Å². The summed E-state index contributed by atoms with van der Waals surface area (Å²) in [5, 5.41) is 5.72. The van der Waals surface area contributed by atoms with E-state index in [1.807, 2.05) is 28.8 Å². The van der Waals surface area contributed by atoms with E-state index in [1.54, 1.807) is 18.2 Å². The van der Waals surface area contributed by atoms with Crippen LogP contribution in [0.2, 0.25) is 0 Å². The lowest BCUT2D eigenvalue weighted by atomic mass is 9.92. The summed E-state index contributed by atoms with van der Waals surface area (Å²) in [6.07, 6.45) is 3.08. The Morgan fingerprint density at radius 3 is 2.57 bits per heavy atom. The minimum absolute atomic E-state index is 0.0832. The molecule has 4 heterocycles. The fourth-order valence-electron chi connectivity index (χ4n) is 4.54. The SMILES string of the molecule is CC(C)(C)CCNc1c(-c2ccc3c(c2)C(=O)N(C2CCC(=O)NC2=O)C3=O)nc2ccccn12. The predicted octanol–water partition coefficient (Wildman–Crippen LogP) is 3.25. The van der Waals surface area contributed by atoms with Crippen LogP contribution in [0.3, 0.4) is 0 Å². The van der Waals surface area contributed by atoms with Crippen molar-refractivity contribution in [2.75, 3.05) is 11.9 Å². The van der Waals surface area contributed by atoms with E-state index in [0.717, 1.165) is 29.3 Å². The minimum atomic E-state index is -0.992. The molecule has 1 atom stereocenters. The van der Waals surface area contributed by atoms with Crippen molar-refractivity contribution in [1.82, 2.24) is 19.6 Å². The molecule has 9 heteroatoms. The van der Waals surface area contributed by atoms with Crippen molar-refractivity contribution in [3.05, 3.63) is 53.7 Å². The number of benzene rings is 1. The number of imide groups is 2. The van der Waals surface area contributed by atoms with Crippen molar-refractivity contribution in [3.63, 3.8) is 0 Å². The monoisotopic (exact) mass is 473 g/mol. The third-order valence-corrected chi connectivity index (χ3v) is 6.41. The molecule has 1 unspecified atom stereocenters. The van der Waals surface area contributed by atoms with Gasteiger partial charge in [-0.2, -0.15) is 0 Å². The number of anilines is 1. The first-order valence-electron chi connectivity index (χ1n) is 11.7. The first-order valence-corrected chi connectivity index (χ1v) is 11.7. The summed E-state index contributed by atoms with van der Waals surface area (Å²) in [6, 6.07) is 9.80. The van der Waals surface area contributed by atoms with Gasteiger partial charge in [-0.05, 0) is 42.5 Å². The average molecular weight is 474 g/mol. The van der Waals surface area contributed by atoms with E-state index in [2.05, 4.69) is 31.4 Å². The number of hydrogen-bond donors (Lipinski definition) is 2. The van der Waals surface area contributed by atoms with Crippen molar-refractivity contribution in [1.29, 1.82) is 0 Å². The standard InChI is InChI=1S/C26H27N5O4/c1-26(2,3)11-12-27-22-21(28-19-6-4-5-13-30(19)22)15-7-8-16-17(14-15)25(35)31(24(16)34)18-9-10-20(32)29-23(18)33/h4-8,13-14,18,27H,9-12H2,1-3H3,(H,29,32,33). The Bertz CT molecular complexity index is 1380. The number of nitrogens with one attached hydrogen (secondary N) is 2. The molecule has 35 heavy (non-hydrogen) atoms. The lowest BCUT2D eigenvalue weighted by Crippen LogP contribution is -2.54. The molecule has 2 aliphatic rings. The second-order valence-corrected chi connectivity index (χ2v) is 10.2. The number of fused-ring (bicyclic) bond motifs is 2. The summed E-state index contributed by atoms with van der Waals surface area (Å²) in [6.45, 7) is 7.29. The molecule has 2 aliphatic heterocycles. The van der Waals surface area contributed by atoms with Crippen molar-refractivity contribution < 1.29 is 19.2 Å². The molecular formula is C26H27N5O4. The van der Waals surface area contributed by atoms with Crippen molar-refractivity contribution in [2.45, 2.75) is 46.1 Å². The molecule has 0 bridgehead atoms. The molecule has 0 spiro atoms. The summed E-state index contributed by atoms with van der Waals surface area (Å²) in [4.78, 5) is 55.9. The number of rotatable bonds is 5. The molecule has 5 rings (SSSR count). The second kappa shape index (κ2) is 8.33. The largest absolute Gasteiger partial charge is 0.369 e. The smallest absolute Gasteiger partial charge is 0.262 e. The van der Waals surface area contributed by atoms with Crippen molar-refractivity contribution >= 4 is 35.1 Å². The Kier molecular flexibility index (Phi) is 5.42. The summed E-state index contributed by atoms with van der Waals surface area (Å²) in [5.41, 5.74) is 2.76. The number of pyridine rings is 1. The van der Waals surface area contributed by atoms with Gasteiger partial charge in [-0.3, -0.25) is 33.8 Å². The highest BCUT2D eigenvalue weighted by Gasteiger charge is 2.44. The Morgan fingerprint density at radius 1 is 1.06 bits per heavy atom. The molecule has 9 nitrogen and oxygen atoms in total. The molecule has 1 aromatic carbocycles.